The molecule has 1 N–H and O–H groups in total. The Morgan fingerprint density at radius 2 is 1.85 bits per heavy atom. The van der Waals surface area contributed by atoms with Gasteiger partial charge in [0.25, 0.3) is 5.91 Å². The third-order valence-electron chi connectivity index (χ3n) is 4.22. The highest BCUT2D eigenvalue weighted by atomic mass is 16.5. The molecule has 0 bridgehead atoms. The average molecular weight is 364 g/mol. The molecule has 0 aliphatic carbocycles. The summed E-state index contributed by atoms with van der Waals surface area (Å²) >= 11 is 0. The van der Waals surface area contributed by atoms with Gasteiger partial charge in [-0.05, 0) is 38.0 Å². The van der Waals surface area contributed by atoms with Crippen LogP contribution in [0.2, 0.25) is 0 Å². The van der Waals surface area contributed by atoms with Gasteiger partial charge in [0, 0.05) is 24.7 Å². The number of rotatable bonds is 6. The van der Waals surface area contributed by atoms with Crippen molar-refractivity contribution in [3.63, 3.8) is 0 Å². The minimum atomic E-state index is -0.348. The lowest BCUT2D eigenvalue weighted by Gasteiger charge is -2.31. The average Bonchev–Trinajstić information content (AvgIpc) is 2.66. The maximum absolute atomic E-state index is 12.1. The van der Waals surface area contributed by atoms with Crippen LogP contribution in [-0.4, -0.2) is 62.6 Å². The number of hydrogen-bond donors (Lipinski definition) is 1. The number of ether oxygens (including phenoxy) is 3. The van der Waals surface area contributed by atoms with E-state index in [4.69, 9.17) is 9.47 Å². The van der Waals surface area contributed by atoms with E-state index in [1.54, 1.807) is 23.1 Å². The van der Waals surface area contributed by atoms with E-state index in [1.165, 1.54) is 21.1 Å². The topological polar surface area (TPSA) is 94.2 Å². The van der Waals surface area contributed by atoms with Crippen LogP contribution in [0.3, 0.4) is 0 Å². The predicted octanol–water partition coefficient (Wildman–Crippen LogP) is 1.62. The quantitative estimate of drug-likeness (QED) is 0.771. The molecular formula is C18H24N2O6. The molecule has 8 nitrogen and oxygen atoms in total. The van der Waals surface area contributed by atoms with Gasteiger partial charge in [-0.15, -0.1) is 0 Å². The van der Waals surface area contributed by atoms with E-state index in [2.05, 4.69) is 10.1 Å². The third-order valence-corrected chi connectivity index (χ3v) is 4.22. The van der Waals surface area contributed by atoms with Crippen LogP contribution in [0.4, 0.5) is 4.79 Å². The minimum Gasteiger partial charge on any atom is -0.493 e. The van der Waals surface area contributed by atoms with Crippen molar-refractivity contribution in [2.75, 3.05) is 33.9 Å². The van der Waals surface area contributed by atoms with Gasteiger partial charge < -0.3 is 24.4 Å². The van der Waals surface area contributed by atoms with Crippen LogP contribution in [0.5, 0.6) is 11.5 Å². The molecule has 1 aromatic carbocycles. The number of Topliss-reactive ketones (excluding diaryl/α,β-unsaturated/α-hetero) is 1. The number of nitrogens with zero attached hydrogens (tertiary/aromatic N) is 1. The lowest BCUT2D eigenvalue weighted by molar-refractivity contribution is -0.124. The predicted molar refractivity (Wildman–Crippen MR) is 93.6 cm³/mol. The van der Waals surface area contributed by atoms with Crippen LogP contribution < -0.4 is 14.8 Å². The van der Waals surface area contributed by atoms with Crippen LogP contribution in [0.1, 0.15) is 30.1 Å². The third kappa shape index (κ3) is 5.11. The van der Waals surface area contributed by atoms with Crippen molar-refractivity contribution in [3.05, 3.63) is 23.8 Å². The second-order valence-corrected chi connectivity index (χ2v) is 6.01. The largest absolute Gasteiger partial charge is 0.493 e. The number of carbonyl (C=O) groups excluding carboxylic acids is 3. The van der Waals surface area contributed by atoms with Crippen LogP contribution in [0, 0.1) is 0 Å². The van der Waals surface area contributed by atoms with Gasteiger partial charge in [0.1, 0.15) is 0 Å². The minimum absolute atomic E-state index is 0.00556. The van der Waals surface area contributed by atoms with Gasteiger partial charge in [0.05, 0.1) is 14.2 Å². The van der Waals surface area contributed by atoms with Crippen LogP contribution in [0.15, 0.2) is 18.2 Å². The van der Waals surface area contributed by atoms with E-state index in [1.807, 2.05) is 0 Å². The van der Waals surface area contributed by atoms with E-state index < -0.39 is 0 Å². The highest BCUT2D eigenvalue weighted by molar-refractivity contribution is 5.94. The van der Waals surface area contributed by atoms with Gasteiger partial charge in [0.2, 0.25) is 0 Å². The molecule has 8 heteroatoms. The molecule has 2 rings (SSSR count). The summed E-state index contributed by atoms with van der Waals surface area (Å²) in [6, 6.07) is 4.81. The number of likely N-dealkylation sites (tertiary alicyclic amines) is 1. The van der Waals surface area contributed by atoms with Gasteiger partial charge >= 0.3 is 6.09 Å². The van der Waals surface area contributed by atoms with Crippen LogP contribution in [-0.2, 0) is 9.53 Å². The molecule has 142 valence electrons. The van der Waals surface area contributed by atoms with Gasteiger partial charge in [0.15, 0.2) is 23.9 Å². The zero-order valence-corrected chi connectivity index (χ0v) is 15.2. The molecule has 1 fully saturated rings. The molecule has 0 unspecified atom stereocenters. The molecule has 0 spiro atoms. The number of hydrogen-bond acceptors (Lipinski definition) is 6. The number of carbonyl (C=O) groups is 3. The van der Waals surface area contributed by atoms with Gasteiger partial charge in [-0.25, -0.2) is 4.79 Å². The first kappa shape index (κ1) is 19.6. The van der Waals surface area contributed by atoms with E-state index in [0.717, 1.165) is 0 Å². The molecule has 26 heavy (non-hydrogen) atoms. The van der Waals surface area contributed by atoms with E-state index in [9.17, 15) is 14.4 Å². The molecule has 1 heterocycles. The van der Waals surface area contributed by atoms with Gasteiger partial charge in [-0.2, -0.15) is 0 Å². The number of ketones is 1. The highest BCUT2D eigenvalue weighted by Gasteiger charge is 2.24. The Hall–Kier alpha value is -2.77. The Bertz CT molecular complexity index is 668. The SMILES string of the molecule is COC(=O)N1CCC(NC(=O)COc2ccc(C(C)=O)cc2OC)CC1. The summed E-state index contributed by atoms with van der Waals surface area (Å²) in [6.45, 7) is 2.39. The van der Waals surface area contributed by atoms with Crippen LogP contribution >= 0.6 is 0 Å². The van der Waals surface area contributed by atoms with Gasteiger partial charge in [-0.1, -0.05) is 0 Å². The first-order valence-electron chi connectivity index (χ1n) is 8.38. The highest BCUT2D eigenvalue weighted by Crippen LogP contribution is 2.28. The Kier molecular flexibility index (Phi) is 6.82. The second-order valence-electron chi connectivity index (χ2n) is 6.01. The molecule has 0 radical (unpaired) electrons. The summed E-state index contributed by atoms with van der Waals surface area (Å²) in [5, 5.41) is 2.90. The van der Waals surface area contributed by atoms with Crippen molar-refractivity contribution in [3.8, 4) is 11.5 Å². The second kappa shape index (κ2) is 9.07. The van der Waals surface area contributed by atoms with Crippen molar-refractivity contribution in [1.82, 2.24) is 10.2 Å². The zero-order valence-electron chi connectivity index (χ0n) is 15.2. The van der Waals surface area contributed by atoms with Crippen molar-refractivity contribution >= 4 is 17.8 Å². The first-order valence-corrected chi connectivity index (χ1v) is 8.38. The molecule has 0 aromatic heterocycles. The maximum atomic E-state index is 12.1. The number of benzene rings is 1. The lowest BCUT2D eigenvalue weighted by atomic mass is 10.1. The Labute approximate surface area is 152 Å². The molecule has 2 amide bonds. The van der Waals surface area contributed by atoms with E-state index in [0.29, 0.717) is 43.0 Å². The van der Waals surface area contributed by atoms with Crippen molar-refractivity contribution in [1.29, 1.82) is 0 Å². The summed E-state index contributed by atoms with van der Waals surface area (Å²) in [7, 11) is 2.83. The molecule has 1 aromatic rings. The summed E-state index contributed by atoms with van der Waals surface area (Å²) < 4.78 is 15.4. The lowest BCUT2D eigenvalue weighted by Crippen LogP contribution is -2.47. The maximum Gasteiger partial charge on any atom is 0.409 e. The molecule has 1 aliphatic rings. The van der Waals surface area contributed by atoms with Crippen LogP contribution in [0.25, 0.3) is 0 Å². The summed E-state index contributed by atoms with van der Waals surface area (Å²) in [5.74, 6) is 0.468. The fourth-order valence-electron chi connectivity index (χ4n) is 2.75. The molecule has 1 saturated heterocycles. The van der Waals surface area contributed by atoms with Crippen molar-refractivity contribution < 1.29 is 28.6 Å². The molecule has 0 atom stereocenters. The molecule has 1 aliphatic heterocycles. The molecule has 0 saturated carbocycles. The Balaban J connectivity index is 1.82. The first-order chi connectivity index (χ1) is 12.4. The standard InChI is InChI=1S/C18H24N2O6/c1-12(21)13-4-5-15(16(10-13)24-2)26-11-17(22)19-14-6-8-20(9-7-14)18(23)25-3/h4-5,10,14H,6-9,11H2,1-3H3,(H,19,22). The molecular weight excluding hydrogens is 340 g/mol. The number of nitrogens with one attached hydrogen (secondary N) is 1. The monoisotopic (exact) mass is 364 g/mol. The fraction of sp³-hybridized carbons (Fsp3) is 0.500. The van der Waals surface area contributed by atoms with E-state index in [-0.39, 0.29) is 30.4 Å². The Morgan fingerprint density at radius 1 is 1.15 bits per heavy atom. The van der Waals surface area contributed by atoms with Crippen molar-refractivity contribution in [2.24, 2.45) is 0 Å². The summed E-state index contributed by atoms with van der Waals surface area (Å²) in [4.78, 5) is 36.6. The Morgan fingerprint density at radius 3 is 2.42 bits per heavy atom. The fourth-order valence-corrected chi connectivity index (χ4v) is 2.75. The smallest absolute Gasteiger partial charge is 0.409 e. The van der Waals surface area contributed by atoms with Gasteiger partial charge in [-0.3, -0.25) is 9.59 Å². The number of amides is 2. The normalized spacial score (nSPS) is 14.5. The zero-order chi connectivity index (χ0) is 19.1. The summed E-state index contributed by atoms with van der Waals surface area (Å²) in [5.41, 5.74) is 0.510. The number of methoxy groups -OCH3 is 2. The van der Waals surface area contributed by atoms with Crippen molar-refractivity contribution in [2.45, 2.75) is 25.8 Å². The van der Waals surface area contributed by atoms with E-state index >= 15 is 0 Å². The number of piperidine rings is 1. The summed E-state index contributed by atoms with van der Waals surface area (Å²) in [6.07, 6.45) is 0.980.